The SMILES string of the molecule is Cc1cc(NN)c([N+](=O)[O-])cc1S(=O)(=O)NC(C)C1CC1. The van der Waals surface area contributed by atoms with Crippen LogP contribution in [0.5, 0.6) is 0 Å². The normalized spacial score (nSPS) is 16.5. The second-order valence-electron chi connectivity index (χ2n) is 5.28. The number of aryl methyl sites for hydroxylation is 1. The molecule has 0 aliphatic heterocycles. The van der Waals surface area contributed by atoms with Crippen LogP contribution in [0.4, 0.5) is 11.4 Å². The van der Waals surface area contributed by atoms with Crippen LogP contribution < -0.4 is 16.0 Å². The van der Waals surface area contributed by atoms with Crippen LogP contribution in [-0.4, -0.2) is 19.4 Å². The smallest absolute Gasteiger partial charge is 0.295 e. The van der Waals surface area contributed by atoms with Crippen molar-refractivity contribution < 1.29 is 13.3 Å². The van der Waals surface area contributed by atoms with Crippen LogP contribution in [0.1, 0.15) is 25.3 Å². The lowest BCUT2D eigenvalue weighted by molar-refractivity contribution is -0.384. The number of benzene rings is 1. The lowest BCUT2D eigenvalue weighted by atomic mass is 10.2. The molecular formula is C12H18N4O4S. The van der Waals surface area contributed by atoms with Gasteiger partial charge in [0.15, 0.2) is 0 Å². The van der Waals surface area contributed by atoms with Gasteiger partial charge in [-0.05, 0) is 44.2 Å². The molecule has 2 rings (SSSR count). The van der Waals surface area contributed by atoms with Gasteiger partial charge in [-0.3, -0.25) is 16.0 Å². The van der Waals surface area contributed by atoms with E-state index in [1.54, 1.807) is 13.8 Å². The first kappa shape index (κ1) is 15.7. The number of nitrogens with zero attached hydrogens (tertiary/aromatic N) is 1. The molecule has 0 spiro atoms. The van der Waals surface area contributed by atoms with Crippen LogP contribution in [0.25, 0.3) is 0 Å². The molecule has 0 bridgehead atoms. The van der Waals surface area contributed by atoms with Crippen molar-refractivity contribution in [3.63, 3.8) is 0 Å². The zero-order valence-electron chi connectivity index (χ0n) is 11.8. The number of hydrazine groups is 1. The van der Waals surface area contributed by atoms with Gasteiger partial charge in [0.25, 0.3) is 5.69 Å². The highest BCUT2D eigenvalue weighted by atomic mass is 32.2. The Morgan fingerprint density at radius 2 is 2.05 bits per heavy atom. The van der Waals surface area contributed by atoms with E-state index < -0.39 is 14.9 Å². The summed E-state index contributed by atoms with van der Waals surface area (Å²) in [6.07, 6.45) is 2.00. The average molecular weight is 314 g/mol. The topological polar surface area (TPSA) is 127 Å². The number of nitrogen functional groups attached to an aromatic ring is 1. The zero-order chi connectivity index (χ0) is 15.8. The highest BCUT2D eigenvalue weighted by Gasteiger charge is 2.32. The molecule has 21 heavy (non-hydrogen) atoms. The summed E-state index contributed by atoms with van der Waals surface area (Å²) in [5, 5.41) is 11.0. The fourth-order valence-electron chi connectivity index (χ4n) is 2.23. The van der Waals surface area contributed by atoms with Crippen molar-refractivity contribution in [2.75, 3.05) is 5.43 Å². The van der Waals surface area contributed by atoms with Gasteiger partial charge in [-0.1, -0.05) is 0 Å². The van der Waals surface area contributed by atoms with Crippen molar-refractivity contribution >= 4 is 21.4 Å². The Labute approximate surface area is 122 Å². The monoisotopic (exact) mass is 314 g/mol. The number of nitrogens with one attached hydrogen (secondary N) is 2. The summed E-state index contributed by atoms with van der Waals surface area (Å²) in [5.41, 5.74) is 2.30. The minimum atomic E-state index is -3.80. The maximum absolute atomic E-state index is 12.4. The Hall–Kier alpha value is -1.71. The molecule has 1 aromatic rings. The lowest BCUT2D eigenvalue weighted by Gasteiger charge is -2.15. The van der Waals surface area contributed by atoms with E-state index in [4.69, 9.17) is 5.84 Å². The molecule has 0 saturated heterocycles. The summed E-state index contributed by atoms with van der Waals surface area (Å²) in [7, 11) is -3.80. The first-order valence-electron chi connectivity index (χ1n) is 6.54. The highest BCUT2D eigenvalue weighted by molar-refractivity contribution is 7.89. The summed E-state index contributed by atoms with van der Waals surface area (Å²) in [5.74, 6) is 5.57. The van der Waals surface area contributed by atoms with E-state index >= 15 is 0 Å². The molecule has 1 saturated carbocycles. The van der Waals surface area contributed by atoms with Gasteiger partial charge < -0.3 is 5.43 Å². The van der Waals surface area contributed by atoms with Crippen molar-refractivity contribution in [1.29, 1.82) is 0 Å². The van der Waals surface area contributed by atoms with E-state index in [0.29, 0.717) is 11.5 Å². The average Bonchev–Trinajstić information content (AvgIpc) is 3.21. The molecule has 1 aliphatic rings. The molecule has 0 amide bonds. The minimum Gasteiger partial charge on any atom is -0.318 e. The third kappa shape index (κ3) is 3.31. The van der Waals surface area contributed by atoms with Crippen molar-refractivity contribution in [3.05, 3.63) is 27.8 Å². The molecule has 1 atom stereocenters. The molecule has 1 fully saturated rings. The maximum atomic E-state index is 12.4. The van der Waals surface area contributed by atoms with E-state index in [0.717, 1.165) is 18.9 Å². The van der Waals surface area contributed by atoms with Crippen LogP contribution in [0, 0.1) is 23.0 Å². The Kier molecular flexibility index (Phi) is 4.17. The molecular weight excluding hydrogens is 296 g/mol. The molecule has 1 aromatic carbocycles. The third-order valence-corrected chi connectivity index (χ3v) is 5.31. The zero-order valence-corrected chi connectivity index (χ0v) is 12.6. The molecule has 9 heteroatoms. The second-order valence-corrected chi connectivity index (χ2v) is 6.97. The maximum Gasteiger partial charge on any atom is 0.295 e. The van der Waals surface area contributed by atoms with Gasteiger partial charge in [0.05, 0.1) is 9.82 Å². The summed E-state index contributed by atoms with van der Waals surface area (Å²) >= 11 is 0. The number of rotatable bonds is 6. The van der Waals surface area contributed by atoms with Gasteiger partial charge in [0, 0.05) is 12.1 Å². The molecule has 116 valence electrons. The van der Waals surface area contributed by atoms with E-state index in [-0.39, 0.29) is 22.3 Å². The molecule has 1 unspecified atom stereocenters. The highest BCUT2D eigenvalue weighted by Crippen LogP contribution is 2.34. The Bertz CT molecular complexity index is 670. The Morgan fingerprint density at radius 1 is 1.43 bits per heavy atom. The van der Waals surface area contributed by atoms with Crippen molar-refractivity contribution in [2.24, 2.45) is 11.8 Å². The number of hydrogen-bond acceptors (Lipinski definition) is 6. The van der Waals surface area contributed by atoms with Crippen molar-refractivity contribution in [1.82, 2.24) is 4.72 Å². The van der Waals surface area contributed by atoms with Gasteiger partial charge in [-0.15, -0.1) is 0 Å². The predicted molar refractivity (Wildman–Crippen MR) is 78.2 cm³/mol. The number of nitrogens with two attached hydrogens (primary N) is 1. The van der Waals surface area contributed by atoms with Crippen molar-refractivity contribution in [2.45, 2.75) is 37.6 Å². The quantitative estimate of drug-likeness (QED) is 0.412. The Balaban J connectivity index is 2.42. The fraction of sp³-hybridized carbons (Fsp3) is 0.500. The lowest BCUT2D eigenvalue weighted by Crippen LogP contribution is -2.34. The van der Waals surface area contributed by atoms with Crippen LogP contribution >= 0.6 is 0 Å². The van der Waals surface area contributed by atoms with Gasteiger partial charge >= 0.3 is 0 Å². The first-order chi connectivity index (χ1) is 9.76. The first-order valence-corrected chi connectivity index (χ1v) is 8.02. The summed E-state index contributed by atoms with van der Waals surface area (Å²) in [4.78, 5) is 10.2. The van der Waals surface area contributed by atoms with Gasteiger partial charge in [-0.2, -0.15) is 0 Å². The number of sulfonamides is 1. The van der Waals surface area contributed by atoms with Crippen LogP contribution in [-0.2, 0) is 10.0 Å². The van der Waals surface area contributed by atoms with Gasteiger partial charge in [0.2, 0.25) is 10.0 Å². The number of nitro groups is 1. The number of hydrogen-bond donors (Lipinski definition) is 3. The van der Waals surface area contributed by atoms with Crippen LogP contribution in [0.2, 0.25) is 0 Å². The number of anilines is 1. The van der Waals surface area contributed by atoms with E-state index in [1.165, 1.54) is 6.07 Å². The van der Waals surface area contributed by atoms with Crippen LogP contribution in [0.15, 0.2) is 17.0 Å². The second kappa shape index (κ2) is 5.58. The molecule has 0 aromatic heterocycles. The van der Waals surface area contributed by atoms with E-state index in [9.17, 15) is 18.5 Å². The number of nitro benzene ring substituents is 1. The summed E-state index contributed by atoms with van der Waals surface area (Å²) in [6.45, 7) is 3.37. The van der Waals surface area contributed by atoms with E-state index in [2.05, 4.69) is 10.1 Å². The fourth-order valence-corrected chi connectivity index (χ4v) is 3.79. The van der Waals surface area contributed by atoms with E-state index in [1.807, 2.05) is 0 Å². The predicted octanol–water partition coefficient (Wildman–Crippen LogP) is 1.27. The minimum absolute atomic E-state index is 0.0756. The third-order valence-electron chi connectivity index (χ3n) is 3.61. The molecule has 0 radical (unpaired) electrons. The largest absolute Gasteiger partial charge is 0.318 e. The standard InChI is InChI=1S/C12H18N4O4S/c1-7-5-10(14-13)11(16(17)18)6-12(7)21(19,20)15-8(2)9-3-4-9/h5-6,8-9,14-15H,3-4,13H2,1-2H3. The molecule has 8 nitrogen and oxygen atoms in total. The van der Waals surface area contributed by atoms with Gasteiger partial charge in [0.1, 0.15) is 5.69 Å². The van der Waals surface area contributed by atoms with Crippen molar-refractivity contribution in [3.8, 4) is 0 Å². The van der Waals surface area contributed by atoms with Crippen LogP contribution in [0.3, 0.4) is 0 Å². The summed E-state index contributed by atoms with van der Waals surface area (Å²) < 4.78 is 27.3. The molecule has 0 heterocycles. The molecule has 1 aliphatic carbocycles. The van der Waals surface area contributed by atoms with Gasteiger partial charge in [-0.25, -0.2) is 13.1 Å². The Morgan fingerprint density at radius 3 is 2.52 bits per heavy atom. The molecule has 4 N–H and O–H groups in total. The summed E-state index contributed by atoms with van der Waals surface area (Å²) in [6, 6.07) is 2.21.